The van der Waals surface area contributed by atoms with Crippen molar-refractivity contribution in [2.24, 2.45) is 0 Å². The predicted molar refractivity (Wildman–Crippen MR) is 128 cm³/mol. The number of benzene rings is 3. The molecule has 3 aromatic rings. The molecule has 0 unspecified atom stereocenters. The molecule has 3 aromatic carbocycles. The Labute approximate surface area is 198 Å². The van der Waals surface area contributed by atoms with E-state index in [1.54, 1.807) is 18.2 Å². The lowest BCUT2D eigenvalue weighted by Gasteiger charge is -2.20. The molecule has 0 atom stereocenters. The van der Waals surface area contributed by atoms with E-state index in [2.05, 4.69) is 5.32 Å². The van der Waals surface area contributed by atoms with Gasteiger partial charge in [0.05, 0.1) is 16.1 Å². The second-order valence-electron chi connectivity index (χ2n) is 7.42. The fourth-order valence-electron chi connectivity index (χ4n) is 3.02. The van der Waals surface area contributed by atoms with E-state index in [-0.39, 0.29) is 10.5 Å². The number of amides is 1. The lowest BCUT2D eigenvalue weighted by Crippen LogP contribution is -2.27. The van der Waals surface area contributed by atoms with E-state index < -0.39 is 28.5 Å². The van der Waals surface area contributed by atoms with Gasteiger partial charge in [-0.1, -0.05) is 35.9 Å². The van der Waals surface area contributed by atoms with Gasteiger partial charge in [0, 0.05) is 17.8 Å². The van der Waals surface area contributed by atoms with Crippen LogP contribution in [0.3, 0.4) is 0 Å². The average molecular weight is 487 g/mol. The fourth-order valence-corrected chi connectivity index (χ4v) is 4.44. The molecule has 0 saturated heterocycles. The van der Waals surface area contributed by atoms with Crippen molar-refractivity contribution >= 4 is 44.9 Å². The SMILES string of the molecule is Cc1ccc(C)c(NC(=O)COC(=O)c2cccc(S(=O)(=O)N(C)c3cccc(Cl)c3)c2)c1. The number of hydrogen-bond donors (Lipinski definition) is 1. The van der Waals surface area contributed by atoms with Gasteiger partial charge in [0.1, 0.15) is 0 Å². The number of rotatable bonds is 7. The Morgan fingerprint density at radius 1 is 1.00 bits per heavy atom. The predicted octanol–water partition coefficient (Wildman–Crippen LogP) is 4.58. The number of sulfonamides is 1. The van der Waals surface area contributed by atoms with Crippen molar-refractivity contribution in [3.63, 3.8) is 0 Å². The monoisotopic (exact) mass is 486 g/mol. The Hall–Kier alpha value is -3.36. The van der Waals surface area contributed by atoms with Gasteiger partial charge in [-0.05, 0) is 67.4 Å². The summed E-state index contributed by atoms with van der Waals surface area (Å²) in [7, 11) is -2.57. The molecule has 33 heavy (non-hydrogen) atoms. The number of esters is 1. The largest absolute Gasteiger partial charge is 0.452 e. The molecule has 0 aliphatic carbocycles. The van der Waals surface area contributed by atoms with Crippen molar-refractivity contribution in [2.45, 2.75) is 18.7 Å². The molecular formula is C24H23ClN2O5S. The third kappa shape index (κ3) is 5.91. The van der Waals surface area contributed by atoms with E-state index in [0.717, 1.165) is 15.4 Å². The highest BCUT2D eigenvalue weighted by atomic mass is 35.5. The second kappa shape index (κ2) is 10.1. The van der Waals surface area contributed by atoms with Gasteiger partial charge < -0.3 is 10.1 Å². The van der Waals surface area contributed by atoms with Crippen molar-refractivity contribution < 1.29 is 22.7 Å². The fraction of sp³-hybridized carbons (Fsp3) is 0.167. The molecule has 0 bridgehead atoms. The molecule has 0 fully saturated rings. The van der Waals surface area contributed by atoms with Gasteiger partial charge in [-0.3, -0.25) is 9.10 Å². The van der Waals surface area contributed by atoms with Crippen LogP contribution in [-0.2, 0) is 19.6 Å². The average Bonchev–Trinajstić information content (AvgIpc) is 2.79. The smallest absolute Gasteiger partial charge is 0.338 e. The molecule has 3 rings (SSSR count). The zero-order valence-corrected chi connectivity index (χ0v) is 19.9. The van der Waals surface area contributed by atoms with Gasteiger partial charge in [-0.25, -0.2) is 13.2 Å². The number of ether oxygens (including phenoxy) is 1. The molecule has 0 saturated carbocycles. The van der Waals surface area contributed by atoms with E-state index in [0.29, 0.717) is 16.4 Å². The highest BCUT2D eigenvalue weighted by molar-refractivity contribution is 7.92. The van der Waals surface area contributed by atoms with Crippen LogP contribution in [0.2, 0.25) is 5.02 Å². The number of nitrogens with one attached hydrogen (secondary N) is 1. The first-order chi connectivity index (χ1) is 15.6. The Bertz CT molecular complexity index is 1310. The van der Waals surface area contributed by atoms with Crippen molar-refractivity contribution in [3.8, 4) is 0 Å². The van der Waals surface area contributed by atoms with Crippen LogP contribution >= 0.6 is 11.6 Å². The molecule has 1 N–H and O–H groups in total. The molecule has 7 nitrogen and oxygen atoms in total. The first-order valence-corrected chi connectivity index (χ1v) is 11.8. The third-order valence-electron chi connectivity index (χ3n) is 4.90. The van der Waals surface area contributed by atoms with E-state index in [9.17, 15) is 18.0 Å². The summed E-state index contributed by atoms with van der Waals surface area (Å²) in [4.78, 5) is 24.6. The molecule has 0 aromatic heterocycles. The molecule has 9 heteroatoms. The number of carbonyl (C=O) groups is 2. The highest BCUT2D eigenvalue weighted by Crippen LogP contribution is 2.25. The molecule has 0 aliphatic heterocycles. The zero-order valence-electron chi connectivity index (χ0n) is 18.3. The summed E-state index contributed by atoms with van der Waals surface area (Å²) in [5.41, 5.74) is 2.87. The standard InChI is InChI=1S/C24H23ClN2O5S/c1-16-10-11-17(2)22(12-16)26-23(28)15-32-24(29)18-6-4-9-21(13-18)33(30,31)27(3)20-8-5-7-19(25)14-20/h4-14H,15H2,1-3H3,(H,26,28). The van der Waals surface area contributed by atoms with Crippen LogP contribution in [0.25, 0.3) is 0 Å². The van der Waals surface area contributed by atoms with Crippen LogP contribution in [0.15, 0.2) is 71.6 Å². The van der Waals surface area contributed by atoms with Crippen molar-refractivity contribution in [1.29, 1.82) is 0 Å². The summed E-state index contributed by atoms with van der Waals surface area (Å²) < 4.78 is 32.2. The second-order valence-corrected chi connectivity index (χ2v) is 9.83. The number of hydrogen-bond acceptors (Lipinski definition) is 5. The van der Waals surface area contributed by atoms with Gasteiger partial charge in [0.15, 0.2) is 6.61 Å². The van der Waals surface area contributed by atoms with E-state index in [1.807, 2.05) is 32.0 Å². The number of nitrogens with zero attached hydrogens (tertiary/aromatic N) is 1. The summed E-state index contributed by atoms with van der Waals surface area (Å²) in [5, 5.41) is 3.10. The maximum Gasteiger partial charge on any atom is 0.338 e. The minimum absolute atomic E-state index is 0.00936. The van der Waals surface area contributed by atoms with Crippen molar-refractivity contribution in [2.75, 3.05) is 23.3 Å². The van der Waals surface area contributed by atoms with Crippen molar-refractivity contribution in [3.05, 3.63) is 88.4 Å². The van der Waals surface area contributed by atoms with Gasteiger partial charge in [0.2, 0.25) is 0 Å². The quantitative estimate of drug-likeness (QED) is 0.493. The van der Waals surface area contributed by atoms with Gasteiger partial charge in [-0.2, -0.15) is 0 Å². The summed E-state index contributed by atoms with van der Waals surface area (Å²) >= 11 is 5.96. The van der Waals surface area contributed by atoms with Crippen LogP contribution in [0.1, 0.15) is 21.5 Å². The molecule has 172 valence electrons. The lowest BCUT2D eigenvalue weighted by molar-refractivity contribution is -0.119. The molecule has 0 aliphatic rings. The topological polar surface area (TPSA) is 92.8 Å². The summed E-state index contributed by atoms with van der Waals surface area (Å²) in [5.74, 6) is -1.31. The maximum atomic E-state index is 13.0. The van der Waals surface area contributed by atoms with E-state index in [4.69, 9.17) is 16.3 Å². The molecule has 0 heterocycles. The Kier molecular flexibility index (Phi) is 7.40. The third-order valence-corrected chi connectivity index (χ3v) is 6.92. The number of halogens is 1. The Morgan fingerprint density at radius 2 is 1.73 bits per heavy atom. The normalized spacial score (nSPS) is 11.0. The zero-order chi connectivity index (χ0) is 24.2. The van der Waals surface area contributed by atoms with Crippen LogP contribution in [0, 0.1) is 13.8 Å². The van der Waals surface area contributed by atoms with Gasteiger partial charge in [-0.15, -0.1) is 0 Å². The van der Waals surface area contributed by atoms with Crippen LogP contribution in [0.5, 0.6) is 0 Å². The molecular weight excluding hydrogens is 464 g/mol. The van der Waals surface area contributed by atoms with Crippen LogP contribution in [-0.4, -0.2) is 33.9 Å². The van der Waals surface area contributed by atoms with Crippen LogP contribution in [0.4, 0.5) is 11.4 Å². The summed E-state index contributed by atoms with van der Waals surface area (Å²) in [6.45, 7) is 3.25. The van der Waals surface area contributed by atoms with Crippen molar-refractivity contribution in [1.82, 2.24) is 0 Å². The lowest BCUT2D eigenvalue weighted by atomic mass is 10.1. The van der Waals surface area contributed by atoms with E-state index in [1.165, 1.54) is 37.4 Å². The molecule has 1 amide bonds. The maximum absolute atomic E-state index is 13.0. The minimum Gasteiger partial charge on any atom is -0.452 e. The highest BCUT2D eigenvalue weighted by Gasteiger charge is 2.23. The van der Waals surface area contributed by atoms with E-state index >= 15 is 0 Å². The minimum atomic E-state index is -3.96. The molecule has 0 radical (unpaired) electrons. The van der Waals surface area contributed by atoms with Gasteiger partial charge in [0.25, 0.3) is 15.9 Å². The Balaban J connectivity index is 1.70. The first-order valence-electron chi connectivity index (χ1n) is 9.97. The number of carbonyl (C=O) groups excluding carboxylic acids is 2. The number of anilines is 2. The van der Waals surface area contributed by atoms with Gasteiger partial charge >= 0.3 is 5.97 Å². The van der Waals surface area contributed by atoms with Crippen LogP contribution < -0.4 is 9.62 Å². The number of aryl methyl sites for hydroxylation is 2. The Morgan fingerprint density at radius 3 is 2.45 bits per heavy atom. The molecule has 0 spiro atoms. The summed E-state index contributed by atoms with van der Waals surface area (Å²) in [6.07, 6.45) is 0. The summed E-state index contributed by atoms with van der Waals surface area (Å²) in [6, 6.07) is 17.5. The first kappa shape index (κ1) is 24.3.